The molecule has 2 aromatic carbocycles. The number of rotatable bonds is 3. The number of anilines is 1. The number of amides is 1. The van der Waals surface area contributed by atoms with Gasteiger partial charge in [0.2, 0.25) is 5.55 Å². The minimum absolute atomic E-state index is 0.233. The number of hydrogen-bond acceptors (Lipinski definition) is 5. The van der Waals surface area contributed by atoms with Gasteiger partial charge in [-0.15, -0.1) is 11.3 Å². The summed E-state index contributed by atoms with van der Waals surface area (Å²) < 4.78 is 7.74. The number of nitrogens with zero attached hydrogens (tertiary/aromatic N) is 2. The number of carbonyl (C=O) groups is 1. The highest BCUT2D eigenvalue weighted by atomic mass is 79.9. The lowest BCUT2D eigenvalue weighted by Crippen LogP contribution is -2.21. The Morgan fingerprint density at radius 2 is 1.96 bits per heavy atom. The van der Waals surface area contributed by atoms with Gasteiger partial charge in [-0.2, -0.15) is 0 Å². The molecule has 0 fully saturated rings. The maximum atomic E-state index is 12.8. The summed E-state index contributed by atoms with van der Waals surface area (Å²) in [5.41, 5.74) is 1.87. The van der Waals surface area contributed by atoms with Crippen LogP contribution in [0.25, 0.3) is 11.0 Å². The Balaban J connectivity index is 1.89. The van der Waals surface area contributed by atoms with Crippen molar-refractivity contribution in [2.24, 2.45) is 4.99 Å². The van der Waals surface area contributed by atoms with Crippen molar-refractivity contribution in [1.82, 2.24) is 4.98 Å². The Bertz CT molecular complexity index is 1200. The SMILES string of the molecule is O=C(Nc1nccs1)c1cc2cc(Br)ccc2oc1=Nc1cccc(Br)c1. The molecule has 4 rings (SSSR count). The number of nitrogens with one attached hydrogen (secondary N) is 1. The summed E-state index contributed by atoms with van der Waals surface area (Å²) in [6.07, 6.45) is 1.63. The molecular formula is C19H11Br2N3O2S. The molecule has 1 amide bonds. The topological polar surface area (TPSA) is 67.5 Å². The van der Waals surface area contributed by atoms with Crippen molar-refractivity contribution in [1.29, 1.82) is 0 Å². The highest BCUT2D eigenvalue weighted by Crippen LogP contribution is 2.22. The van der Waals surface area contributed by atoms with E-state index in [4.69, 9.17) is 4.42 Å². The van der Waals surface area contributed by atoms with Gasteiger partial charge < -0.3 is 4.42 Å². The van der Waals surface area contributed by atoms with Crippen molar-refractivity contribution in [2.75, 3.05) is 5.32 Å². The van der Waals surface area contributed by atoms with Crippen LogP contribution in [0.4, 0.5) is 10.8 Å². The predicted molar refractivity (Wildman–Crippen MR) is 113 cm³/mol. The third kappa shape index (κ3) is 4.18. The maximum absolute atomic E-state index is 12.8. The monoisotopic (exact) mass is 503 g/mol. The van der Waals surface area contributed by atoms with Crippen LogP contribution in [0.1, 0.15) is 10.4 Å². The van der Waals surface area contributed by atoms with E-state index in [0.29, 0.717) is 22.0 Å². The third-order valence-electron chi connectivity index (χ3n) is 3.64. The molecule has 1 N–H and O–H groups in total. The molecule has 5 nitrogen and oxygen atoms in total. The second kappa shape index (κ2) is 7.75. The first-order valence-corrected chi connectivity index (χ1v) is 10.3. The fraction of sp³-hybridized carbons (Fsp3) is 0. The van der Waals surface area contributed by atoms with Crippen molar-refractivity contribution >= 4 is 70.9 Å². The van der Waals surface area contributed by atoms with Gasteiger partial charge in [0.05, 0.1) is 5.69 Å². The van der Waals surface area contributed by atoms with Gasteiger partial charge in [0, 0.05) is 25.9 Å². The third-order valence-corrected chi connectivity index (χ3v) is 5.32. The maximum Gasteiger partial charge on any atom is 0.262 e. The summed E-state index contributed by atoms with van der Waals surface area (Å²) in [5, 5.41) is 5.89. The summed E-state index contributed by atoms with van der Waals surface area (Å²) in [7, 11) is 0. The lowest BCUT2D eigenvalue weighted by Gasteiger charge is -2.05. The molecule has 0 saturated heterocycles. The van der Waals surface area contributed by atoms with Crippen LogP contribution in [0.2, 0.25) is 0 Å². The van der Waals surface area contributed by atoms with Crippen LogP contribution < -0.4 is 10.9 Å². The predicted octanol–water partition coefficient (Wildman–Crippen LogP) is 5.90. The molecule has 0 spiro atoms. The number of carbonyl (C=O) groups excluding carboxylic acids is 1. The minimum atomic E-state index is -0.329. The number of hydrogen-bond donors (Lipinski definition) is 1. The zero-order valence-electron chi connectivity index (χ0n) is 13.6. The van der Waals surface area contributed by atoms with E-state index in [2.05, 4.69) is 47.2 Å². The normalized spacial score (nSPS) is 11.7. The molecule has 0 radical (unpaired) electrons. The Morgan fingerprint density at radius 3 is 2.74 bits per heavy atom. The van der Waals surface area contributed by atoms with Crippen LogP contribution in [-0.2, 0) is 0 Å². The molecule has 0 atom stereocenters. The average molecular weight is 505 g/mol. The van der Waals surface area contributed by atoms with E-state index in [1.807, 2.05) is 42.5 Å². The van der Waals surface area contributed by atoms with Crippen molar-refractivity contribution in [2.45, 2.75) is 0 Å². The number of thiazole rings is 1. The number of aromatic nitrogens is 1. The van der Waals surface area contributed by atoms with E-state index in [1.54, 1.807) is 17.6 Å². The van der Waals surface area contributed by atoms with Crippen molar-refractivity contribution in [3.8, 4) is 0 Å². The zero-order valence-corrected chi connectivity index (χ0v) is 17.6. The summed E-state index contributed by atoms with van der Waals surface area (Å²) in [6, 6.07) is 14.8. The van der Waals surface area contributed by atoms with E-state index in [9.17, 15) is 4.79 Å². The van der Waals surface area contributed by atoms with Crippen LogP contribution in [0, 0.1) is 0 Å². The van der Waals surface area contributed by atoms with E-state index < -0.39 is 0 Å². The molecule has 27 heavy (non-hydrogen) atoms. The molecule has 8 heteroatoms. The van der Waals surface area contributed by atoms with Gasteiger partial charge in [-0.25, -0.2) is 9.98 Å². The number of halogens is 2. The van der Waals surface area contributed by atoms with Gasteiger partial charge in [0.15, 0.2) is 5.13 Å². The Labute approximate surface area is 175 Å². The van der Waals surface area contributed by atoms with Gasteiger partial charge in [0.25, 0.3) is 5.91 Å². The molecule has 0 aliphatic rings. The van der Waals surface area contributed by atoms with Crippen LogP contribution in [0.5, 0.6) is 0 Å². The molecule has 0 bridgehead atoms. The Kier molecular flexibility index (Phi) is 5.20. The summed E-state index contributed by atoms with van der Waals surface area (Å²) in [4.78, 5) is 21.5. The first kappa shape index (κ1) is 18.1. The highest BCUT2D eigenvalue weighted by molar-refractivity contribution is 9.10. The second-order valence-corrected chi connectivity index (χ2v) is 8.26. The largest absolute Gasteiger partial charge is 0.438 e. The number of fused-ring (bicyclic) bond motifs is 1. The van der Waals surface area contributed by atoms with E-state index >= 15 is 0 Å². The molecule has 0 aliphatic carbocycles. The van der Waals surface area contributed by atoms with E-state index in [0.717, 1.165) is 14.3 Å². The Hall–Kier alpha value is -2.29. The van der Waals surface area contributed by atoms with E-state index in [-0.39, 0.29) is 11.5 Å². The molecule has 2 aromatic heterocycles. The lowest BCUT2D eigenvalue weighted by atomic mass is 10.1. The smallest absolute Gasteiger partial charge is 0.262 e. The zero-order chi connectivity index (χ0) is 18.8. The molecule has 0 aliphatic heterocycles. The van der Waals surface area contributed by atoms with Gasteiger partial charge in [-0.3, -0.25) is 10.1 Å². The molecule has 0 unspecified atom stereocenters. The summed E-state index contributed by atoms with van der Waals surface area (Å²) in [5.74, 6) is -0.329. The standard InChI is InChI=1S/C19H11Br2N3O2S/c20-12-2-1-3-14(10-12)23-18-15(17(25)24-19-22-6-7-27-19)9-11-8-13(21)4-5-16(11)26-18/h1-10H,(H,22,24,25). The fourth-order valence-electron chi connectivity index (χ4n) is 2.46. The van der Waals surface area contributed by atoms with Crippen molar-refractivity contribution in [3.63, 3.8) is 0 Å². The quantitative estimate of drug-likeness (QED) is 0.377. The van der Waals surface area contributed by atoms with Gasteiger partial charge in [0.1, 0.15) is 11.1 Å². The van der Waals surface area contributed by atoms with Crippen LogP contribution >= 0.6 is 43.2 Å². The van der Waals surface area contributed by atoms with Crippen molar-refractivity contribution in [3.05, 3.63) is 80.2 Å². The first-order chi connectivity index (χ1) is 13.1. The molecule has 4 aromatic rings. The summed E-state index contributed by atoms with van der Waals surface area (Å²) in [6.45, 7) is 0. The summed E-state index contributed by atoms with van der Waals surface area (Å²) >= 11 is 8.22. The van der Waals surface area contributed by atoms with E-state index in [1.165, 1.54) is 11.3 Å². The van der Waals surface area contributed by atoms with Crippen LogP contribution in [-0.4, -0.2) is 10.9 Å². The van der Waals surface area contributed by atoms with Gasteiger partial charge >= 0.3 is 0 Å². The van der Waals surface area contributed by atoms with Crippen molar-refractivity contribution < 1.29 is 9.21 Å². The molecule has 2 heterocycles. The fourth-order valence-corrected chi connectivity index (χ4v) is 3.75. The van der Waals surface area contributed by atoms with Gasteiger partial charge in [-0.1, -0.05) is 37.9 Å². The van der Waals surface area contributed by atoms with Crippen LogP contribution in [0.15, 0.2) is 78.5 Å². The second-order valence-electron chi connectivity index (χ2n) is 5.53. The minimum Gasteiger partial charge on any atom is -0.438 e. The lowest BCUT2D eigenvalue weighted by molar-refractivity contribution is 0.102. The number of benzene rings is 2. The van der Waals surface area contributed by atoms with Crippen LogP contribution in [0.3, 0.4) is 0 Å². The molecule has 0 saturated carbocycles. The van der Waals surface area contributed by atoms with Gasteiger partial charge in [-0.05, 0) is 42.5 Å². The first-order valence-electron chi connectivity index (χ1n) is 7.83. The molecule has 134 valence electrons. The highest BCUT2D eigenvalue weighted by Gasteiger charge is 2.14. The average Bonchev–Trinajstić information content (AvgIpc) is 3.14. The molecular weight excluding hydrogens is 494 g/mol. The Morgan fingerprint density at radius 1 is 1.11 bits per heavy atom.